The summed E-state index contributed by atoms with van der Waals surface area (Å²) in [4.78, 5) is 61.7. The Balaban J connectivity index is 1.35. The van der Waals surface area contributed by atoms with Crippen molar-refractivity contribution in [1.82, 2.24) is 25.2 Å². The minimum Gasteiger partial charge on any atom is -0.497 e. The molecule has 3 fully saturated rings. The van der Waals surface area contributed by atoms with Crippen LogP contribution in [0.15, 0.2) is 42.6 Å². The number of allylic oxidation sites excluding steroid dienone is 1. The number of amides is 4. The van der Waals surface area contributed by atoms with E-state index in [1.54, 1.807) is 58.4 Å². The van der Waals surface area contributed by atoms with E-state index in [2.05, 4.69) is 15.6 Å². The normalized spacial score (nSPS) is 30.4. The molecule has 7 atom stereocenters. The van der Waals surface area contributed by atoms with Gasteiger partial charge in [-0.15, -0.1) is 0 Å². The summed E-state index contributed by atoms with van der Waals surface area (Å²) >= 11 is 0. The number of methoxy groups -OCH3 is 1. The molecule has 3 heterocycles. The van der Waals surface area contributed by atoms with Gasteiger partial charge in [0.2, 0.25) is 22.7 Å². The Kier molecular flexibility index (Phi) is 10.6. The van der Waals surface area contributed by atoms with Crippen molar-refractivity contribution in [3.63, 3.8) is 0 Å². The molecule has 294 valence electrons. The number of hydrogen-bond acceptors (Lipinski definition) is 10. The van der Waals surface area contributed by atoms with Gasteiger partial charge in [0.25, 0.3) is 15.9 Å². The number of fused-ring (bicyclic) bond motifs is 3. The van der Waals surface area contributed by atoms with Gasteiger partial charge in [-0.1, -0.05) is 26.0 Å². The van der Waals surface area contributed by atoms with Crippen molar-refractivity contribution >= 4 is 44.6 Å². The van der Waals surface area contributed by atoms with E-state index in [9.17, 15) is 32.0 Å². The molecule has 16 heteroatoms. The zero-order valence-corrected chi connectivity index (χ0v) is 32.3. The number of carbonyl (C=O) groups excluding carboxylic acids is 4. The van der Waals surface area contributed by atoms with Gasteiger partial charge >= 0.3 is 6.09 Å². The van der Waals surface area contributed by atoms with Crippen LogP contribution < -0.4 is 24.8 Å². The molecule has 2 aliphatic heterocycles. The van der Waals surface area contributed by atoms with Crippen molar-refractivity contribution in [1.29, 1.82) is 0 Å². The molecular weight excluding hydrogens is 722 g/mol. The molecule has 6 rings (SSSR count). The van der Waals surface area contributed by atoms with E-state index in [1.165, 1.54) is 4.90 Å². The number of carbonyl (C=O) groups is 4. The Morgan fingerprint density at radius 3 is 2.54 bits per heavy atom. The number of pyridine rings is 1. The third-order valence-electron chi connectivity index (χ3n) is 10.7. The molecule has 1 aromatic heterocycles. The van der Waals surface area contributed by atoms with Gasteiger partial charge in [0.05, 0.1) is 13.7 Å². The van der Waals surface area contributed by atoms with E-state index in [4.69, 9.17) is 14.2 Å². The molecule has 1 aromatic carbocycles. The minimum absolute atomic E-state index is 0.0141. The number of aromatic nitrogens is 1. The Bertz CT molecular complexity index is 1950. The molecule has 54 heavy (non-hydrogen) atoms. The fourth-order valence-electron chi connectivity index (χ4n) is 7.43. The van der Waals surface area contributed by atoms with Crippen LogP contribution in [0.4, 0.5) is 9.18 Å². The number of ether oxygens (including phenoxy) is 3. The molecule has 0 bridgehead atoms. The van der Waals surface area contributed by atoms with Crippen LogP contribution >= 0.6 is 0 Å². The maximum Gasteiger partial charge on any atom is 0.408 e. The molecule has 0 unspecified atom stereocenters. The van der Waals surface area contributed by atoms with Gasteiger partial charge in [-0.25, -0.2) is 27.3 Å². The second-order valence-corrected chi connectivity index (χ2v) is 18.2. The molecule has 0 radical (unpaired) electrons. The number of sulfonamides is 1. The van der Waals surface area contributed by atoms with Crippen LogP contribution in [0.2, 0.25) is 0 Å². The lowest BCUT2D eigenvalue weighted by atomic mass is 9.88. The van der Waals surface area contributed by atoms with E-state index in [0.717, 1.165) is 11.8 Å². The topological polar surface area (TPSA) is 182 Å². The predicted molar refractivity (Wildman–Crippen MR) is 196 cm³/mol. The molecule has 2 aromatic rings. The first-order valence-electron chi connectivity index (χ1n) is 18.5. The van der Waals surface area contributed by atoms with Crippen LogP contribution in [0.5, 0.6) is 11.6 Å². The largest absolute Gasteiger partial charge is 0.497 e. The SMILES string of the molecule is COc1ccc2c(O[C@@H]3C[C@H]4C(=O)N[C@]5(C(=O)NS(=O)(=O)C6(F)CC6)C[C@H]5/C=C\CC[C@H](C)C[C@@H](C)[C@H](NC(=O)OC(C)(C)C)C(=O)N4C3)nccc2c1. The lowest BCUT2D eigenvalue weighted by Gasteiger charge is -2.33. The Morgan fingerprint density at radius 2 is 1.85 bits per heavy atom. The van der Waals surface area contributed by atoms with Gasteiger partial charge in [0, 0.05) is 36.8 Å². The number of rotatable bonds is 7. The second-order valence-electron chi connectivity index (χ2n) is 16.2. The molecule has 2 aliphatic carbocycles. The fourth-order valence-corrected chi connectivity index (χ4v) is 8.68. The second kappa shape index (κ2) is 14.6. The number of nitrogens with one attached hydrogen (secondary N) is 3. The average Bonchev–Trinajstić information content (AvgIpc) is 3.97. The first-order chi connectivity index (χ1) is 25.3. The summed E-state index contributed by atoms with van der Waals surface area (Å²) in [6, 6.07) is 4.91. The van der Waals surface area contributed by atoms with Gasteiger partial charge in [-0.3, -0.25) is 14.4 Å². The van der Waals surface area contributed by atoms with Gasteiger partial charge in [0.1, 0.15) is 35.1 Å². The summed E-state index contributed by atoms with van der Waals surface area (Å²) < 4.78 is 59.5. The van der Waals surface area contributed by atoms with Gasteiger partial charge in [-0.05, 0) is 87.9 Å². The zero-order valence-electron chi connectivity index (χ0n) is 31.5. The third kappa shape index (κ3) is 8.27. The lowest BCUT2D eigenvalue weighted by molar-refractivity contribution is -0.142. The monoisotopic (exact) mass is 771 g/mol. The van der Waals surface area contributed by atoms with Gasteiger partial charge in [0.15, 0.2) is 0 Å². The van der Waals surface area contributed by atoms with Crippen LogP contribution in [-0.4, -0.2) is 90.1 Å². The number of halogens is 1. The number of alkyl halides is 1. The Morgan fingerprint density at radius 1 is 1.11 bits per heavy atom. The highest BCUT2D eigenvalue weighted by molar-refractivity contribution is 7.91. The van der Waals surface area contributed by atoms with Crippen molar-refractivity contribution < 1.29 is 46.2 Å². The summed E-state index contributed by atoms with van der Waals surface area (Å²) in [5.74, 6) is -2.22. The van der Waals surface area contributed by atoms with Crippen molar-refractivity contribution in [2.75, 3.05) is 13.7 Å². The van der Waals surface area contributed by atoms with Crippen molar-refractivity contribution in [3.05, 3.63) is 42.6 Å². The van der Waals surface area contributed by atoms with E-state index >= 15 is 0 Å². The van der Waals surface area contributed by atoms with Crippen molar-refractivity contribution in [2.45, 2.75) is 114 Å². The van der Waals surface area contributed by atoms with Crippen molar-refractivity contribution in [2.24, 2.45) is 17.8 Å². The minimum atomic E-state index is -4.66. The molecule has 2 saturated carbocycles. The summed E-state index contributed by atoms with van der Waals surface area (Å²) in [5, 5.41) is 4.49. The maximum atomic E-state index is 14.8. The highest BCUT2D eigenvalue weighted by Crippen LogP contribution is 2.48. The van der Waals surface area contributed by atoms with Gasteiger partial charge in [-0.2, -0.15) is 0 Å². The molecule has 14 nitrogen and oxygen atoms in total. The highest BCUT2D eigenvalue weighted by atomic mass is 32.2. The van der Waals surface area contributed by atoms with E-state index in [0.29, 0.717) is 24.0 Å². The maximum absolute atomic E-state index is 14.8. The van der Waals surface area contributed by atoms with E-state index in [-0.39, 0.29) is 49.9 Å². The average molecular weight is 772 g/mol. The summed E-state index contributed by atoms with van der Waals surface area (Å²) in [7, 11) is -3.10. The van der Waals surface area contributed by atoms with Crippen LogP contribution in [0.1, 0.15) is 79.6 Å². The standard InChI is InChI=1S/C38H50FN5O9S/c1-22-9-7-8-10-25-20-38(25,34(47)43-54(49,50)37(39)14-15-37)42-31(45)29-19-27(52-32-28-12-11-26(51-6)18-24(28)13-16-40-32)21-44(29)33(46)30(23(2)17-22)41-35(48)53-36(3,4)5/h8,10-13,16,18,22-23,25,27,29-30H,7,9,14-15,17,19-21H2,1-6H3,(H,41,48)(H,42,45)(H,43,47)/b10-8-/t22-,23+,25+,27+,29-,30-,38+/m0/s1. The van der Waals surface area contributed by atoms with Crippen molar-refractivity contribution in [3.8, 4) is 11.6 Å². The fraction of sp³-hybridized carbons (Fsp3) is 0.605. The van der Waals surface area contributed by atoms with E-state index < -0.39 is 74.1 Å². The quantitative estimate of drug-likeness (QED) is 0.344. The Labute approximate surface area is 315 Å². The molecule has 0 spiro atoms. The molecule has 4 aliphatic rings. The first kappa shape index (κ1) is 39.2. The smallest absolute Gasteiger partial charge is 0.408 e. The number of hydrogen-bond donors (Lipinski definition) is 3. The molecular formula is C38H50FN5O9S. The summed E-state index contributed by atoms with van der Waals surface area (Å²) in [6.45, 7) is 8.98. The highest BCUT2D eigenvalue weighted by Gasteiger charge is 2.64. The predicted octanol–water partition coefficient (Wildman–Crippen LogP) is 4.28. The van der Waals surface area contributed by atoms with Crippen LogP contribution in [0, 0.1) is 17.8 Å². The first-order valence-corrected chi connectivity index (χ1v) is 20.0. The van der Waals surface area contributed by atoms with Crippen LogP contribution in [-0.2, 0) is 29.1 Å². The number of nitrogens with zero attached hydrogens (tertiary/aromatic N) is 2. The molecule has 3 N–H and O–H groups in total. The Hall–Kier alpha value is -4.47. The molecule has 1 saturated heterocycles. The van der Waals surface area contributed by atoms with Gasteiger partial charge < -0.3 is 29.7 Å². The third-order valence-corrected chi connectivity index (χ3v) is 12.5. The van der Waals surface area contributed by atoms with E-state index in [1.807, 2.05) is 30.7 Å². The summed E-state index contributed by atoms with van der Waals surface area (Å²) in [5.41, 5.74) is -2.53. The van der Waals surface area contributed by atoms with Crippen LogP contribution in [0.25, 0.3) is 10.8 Å². The lowest BCUT2D eigenvalue weighted by Crippen LogP contribution is -2.59. The molecule has 4 amide bonds. The number of alkyl carbamates (subject to hydrolysis) is 1. The number of benzene rings is 1. The van der Waals surface area contributed by atoms with Crippen LogP contribution in [0.3, 0.4) is 0 Å². The summed E-state index contributed by atoms with van der Waals surface area (Å²) in [6.07, 6.45) is 5.21. The zero-order chi connectivity index (χ0) is 39.2.